The summed E-state index contributed by atoms with van der Waals surface area (Å²) in [6, 6.07) is 2.39. The fourth-order valence-electron chi connectivity index (χ4n) is 2.97. The van der Waals surface area contributed by atoms with E-state index in [1.807, 2.05) is 19.2 Å². The number of nitrogens with zero attached hydrogens (tertiary/aromatic N) is 5. The number of anilines is 1. The molecule has 0 aliphatic carbocycles. The highest BCUT2D eigenvalue weighted by Gasteiger charge is 2.19. The molecule has 2 rings (SSSR count). The van der Waals surface area contributed by atoms with Crippen molar-refractivity contribution in [3.8, 4) is 6.01 Å². The molecule has 6 nitrogen and oxygen atoms in total. The van der Waals surface area contributed by atoms with Gasteiger partial charge in [-0.2, -0.15) is 4.98 Å². The Hall–Kier alpha value is -1.66. The van der Waals surface area contributed by atoms with Gasteiger partial charge in [0, 0.05) is 39.4 Å². The summed E-state index contributed by atoms with van der Waals surface area (Å²) in [5, 5.41) is 0. The minimum Gasteiger partial charge on any atom is -0.459 e. The van der Waals surface area contributed by atoms with E-state index in [4.69, 9.17) is 4.74 Å². The van der Waals surface area contributed by atoms with E-state index >= 15 is 0 Å². The van der Waals surface area contributed by atoms with E-state index in [1.165, 1.54) is 13.0 Å². The highest BCUT2D eigenvalue weighted by Crippen LogP contribution is 2.15. The molecule has 1 aliphatic rings. The van der Waals surface area contributed by atoms with Crippen LogP contribution in [0.1, 0.15) is 26.2 Å². The highest BCUT2D eigenvalue weighted by atomic mass is 16.5. The summed E-state index contributed by atoms with van der Waals surface area (Å²) in [6.07, 6.45) is 6.89. The molecule has 6 heteroatoms. The summed E-state index contributed by atoms with van der Waals surface area (Å²) in [5.74, 6) is 0.895. The van der Waals surface area contributed by atoms with Crippen molar-refractivity contribution < 1.29 is 4.74 Å². The summed E-state index contributed by atoms with van der Waals surface area (Å²) >= 11 is 0. The predicted octanol–water partition coefficient (Wildman–Crippen LogP) is 2.28. The lowest BCUT2D eigenvalue weighted by molar-refractivity contribution is 0.118. The second-order valence-electron chi connectivity index (χ2n) is 6.77. The molecule has 0 aromatic carbocycles. The molecule has 1 aromatic heterocycles. The van der Waals surface area contributed by atoms with Gasteiger partial charge < -0.3 is 14.5 Å². The number of rotatable bonds is 9. The summed E-state index contributed by atoms with van der Waals surface area (Å²) in [4.78, 5) is 15.8. The van der Waals surface area contributed by atoms with Gasteiger partial charge in [0.1, 0.15) is 11.9 Å². The third-order valence-electron chi connectivity index (χ3n) is 4.72. The van der Waals surface area contributed by atoms with Gasteiger partial charge in [-0.3, -0.25) is 4.90 Å². The van der Waals surface area contributed by atoms with Crippen molar-refractivity contribution in [3.63, 3.8) is 0 Å². The van der Waals surface area contributed by atoms with Crippen LogP contribution in [-0.4, -0.2) is 79.2 Å². The molecule has 1 unspecified atom stereocenters. The first-order valence-electron chi connectivity index (χ1n) is 9.35. The molecular formula is C19H33N5O. The lowest BCUT2D eigenvalue weighted by atomic mass is 10.2. The fraction of sp³-hybridized carbons (Fsp3) is 0.684. The summed E-state index contributed by atoms with van der Waals surface area (Å²) < 4.78 is 6.17. The number of aromatic nitrogens is 2. The maximum atomic E-state index is 6.17. The van der Waals surface area contributed by atoms with Gasteiger partial charge in [0.25, 0.3) is 0 Å². The van der Waals surface area contributed by atoms with Crippen LogP contribution >= 0.6 is 0 Å². The van der Waals surface area contributed by atoms with Crippen molar-refractivity contribution in [1.82, 2.24) is 19.8 Å². The van der Waals surface area contributed by atoms with Gasteiger partial charge >= 0.3 is 6.01 Å². The molecule has 1 aromatic rings. The van der Waals surface area contributed by atoms with E-state index in [-0.39, 0.29) is 6.10 Å². The Morgan fingerprint density at radius 1 is 1.36 bits per heavy atom. The number of hydrogen-bond acceptors (Lipinski definition) is 6. The molecule has 0 radical (unpaired) electrons. The second-order valence-corrected chi connectivity index (χ2v) is 6.77. The van der Waals surface area contributed by atoms with Crippen LogP contribution in [0.25, 0.3) is 0 Å². The Labute approximate surface area is 152 Å². The zero-order valence-corrected chi connectivity index (χ0v) is 16.0. The summed E-state index contributed by atoms with van der Waals surface area (Å²) in [6.45, 7) is 12.3. The van der Waals surface area contributed by atoms with Crippen molar-refractivity contribution in [3.05, 3.63) is 24.9 Å². The normalized spacial score (nSPS) is 17.7. The van der Waals surface area contributed by atoms with Crippen molar-refractivity contribution in [2.45, 2.75) is 32.3 Å². The van der Waals surface area contributed by atoms with E-state index in [1.54, 1.807) is 6.20 Å². The Morgan fingerprint density at radius 2 is 2.20 bits per heavy atom. The lowest BCUT2D eigenvalue weighted by Gasteiger charge is -2.26. The van der Waals surface area contributed by atoms with Crippen molar-refractivity contribution in [1.29, 1.82) is 0 Å². The standard InChI is InChI=1S/C19H33N5O/c1-5-7-9-17(16-24-13-8-12-22(3)14-15-24)25-19-20-11-10-18(21-19)23(4)6-2/h5,10-11,17H,1,6-9,12-16H2,2-4H3. The molecule has 25 heavy (non-hydrogen) atoms. The third kappa shape index (κ3) is 6.63. The van der Waals surface area contributed by atoms with Gasteiger partial charge in [-0.1, -0.05) is 6.08 Å². The fourth-order valence-corrected chi connectivity index (χ4v) is 2.97. The van der Waals surface area contributed by atoms with Crippen LogP contribution in [0.15, 0.2) is 24.9 Å². The van der Waals surface area contributed by atoms with Gasteiger partial charge in [0.15, 0.2) is 0 Å². The number of likely N-dealkylation sites (N-methyl/N-ethyl adjacent to an activating group) is 1. The van der Waals surface area contributed by atoms with E-state index in [9.17, 15) is 0 Å². The molecule has 0 spiro atoms. The SMILES string of the molecule is C=CCCC(CN1CCCN(C)CC1)Oc1nccc(N(C)CC)n1. The van der Waals surface area contributed by atoms with Crippen molar-refractivity contribution in [2.75, 3.05) is 58.3 Å². The largest absolute Gasteiger partial charge is 0.459 e. The van der Waals surface area contributed by atoms with Gasteiger partial charge in [0.05, 0.1) is 0 Å². The van der Waals surface area contributed by atoms with Crippen LogP contribution in [0.4, 0.5) is 5.82 Å². The molecule has 0 saturated carbocycles. The molecule has 1 fully saturated rings. The van der Waals surface area contributed by atoms with Crippen LogP contribution in [-0.2, 0) is 0 Å². The minimum atomic E-state index is 0.0867. The molecule has 1 atom stereocenters. The van der Waals surface area contributed by atoms with Gasteiger partial charge in [-0.05, 0) is 52.4 Å². The average Bonchev–Trinajstić information content (AvgIpc) is 2.83. The minimum absolute atomic E-state index is 0.0867. The van der Waals surface area contributed by atoms with E-state index < -0.39 is 0 Å². The van der Waals surface area contributed by atoms with Gasteiger partial charge in [-0.15, -0.1) is 6.58 Å². The quantitative estimate of drug-likeness (QED) is 0.639. The van der Waals surface area contributed by atoms with E-state index in [0.717, 1.165) is 51.4 Å². The zero-order chi connectivity index (χ0) is 18.1. The number of ether oxygens (including phenoxy) is 1. The average molecular weight is 348 g/mol. The molecular weight excluding hydrogens is 314 g/mol. The van der Waals surface area contributed by atoms with Gasteiger partial charge in [0.2, 0.25) is 0 Å². The van der Waals surface area contributed by atoms with Crippen molar-refractivity contribution >= 4 is 5.82 Å². The first-order chi connectivity index (χ1) is 12.1. The smallest absolute Gasteiger partial charge is 0.318 e. The van der Waals surface area contributed by atoms with Crippen LogP contribution in [0.3, 0.4) is 0 Å². The monoisotopic (exact) mass is 347 g/mol. The Balaban J connectivity index is 2.00. The maximum absolute atomic E-state index is 6.17. The highest BCUT2D eigenvalue weighted by molar-refractivity contribution is 5.36. The van der Waals surface area contributed by atoms with E-state index in [2.05, 4.69) is 45.2 Å². The molecule has 0 N–H and O–H groups in total. The van der Waals surface area contributed by atoms with Crippen LogP contribution in [0.5, 0.6) is 6.01 Å². The molecule has 0 bridgehead atoms. The zero-order valence-electron chi connectivity index (χ0n) is 16.0. The van der Waals surface area contributed by atoms with E-state index in [0.29, 0.717) is 6.01 Å². The predicted molar refractivity (Wildman–Crippen MR) is 103 cm³/mol. The lowest BCUT2D eigenvalue weighted by Crippen LogP contribution is -2.38. The summed E-state index contributed by atoms with van der Waals surface area (Å²) in [7, 11) is 4.22. The Kier molecular flexibility index (Phi) is 8.15. The Morgan fingerprint density at radius 3 is 2.96 bits per heavy atom. The first kappa shape index (κ1) is 19.7. The second kappa shape index (κ2) is 10.4. The topological polar surface area (TPSA) is 44.7 Å². The molecule has 0 amide bonds. The molecule has 1 saturated heterocycles. The molecule has 1 aliphatic heterocycles. The third-order valence-corrected chi connectivity index (χ3v) is 4.72. The van der Waals surface area contributed by atoms with Crippen LogP contribution in [0.2, 0.25) is 0 Å². The molecule has 140 valence electrons. The maximum Gasteiger partial charge on any atom is 0.318 e. The van der Waals surface area contributed by atoms with Crippen LogP contribution in [0, 0.1) is 0 Å². The first-order valence-corrected chi connectivity index (χ1v) is 9.35. The summed E-state index contributed by atoms with van der Waals surface area (Å²) in [5.41, 5.74) is 0. The van der Waals surface area contributed by atoms with Crippen molar-refractivity contribution in [2.24, 2.45) is 0 Å². The van der Waals surface area contributed by atoms with Crippen LogP contribution < -0.4 is 9.64 Å². The number of hydrogen-bond donors (Lipinski definition) is 0. The van der Waals surface area contributed by atoms with Gasteiger partial charge in [-0.25, -0.2) is 4.98 Å². The molecule has 2 heterocycles. The Bertz CT molecular complexity index is 524. The number of allylic oxidation sites excluding steroid dienone is 1.